The largest absolute Gasteiger partial charge is 0.508 e. The molecule has 2 aromatic heterocycles. The van der Waals surface area contributed by atoms with Crippen molar-refractivity contribution < 1.29 is 5.11 Å². The summed E-state index contributed by atoms with van der Waals surface area (Å²) in [7, 11) is 0. The smallest absolute Gasteiger partial charge is 0.187 e. The Balaban J connectivity index is 1.88. The first-order valence-corrected chi connectivity index (χ1v) is 7.95. The summed E-state index contributed by atoms with van der Waals surface area (Å²) in [6.45, 7) is 2.03. The molecule has 0 aliphatic heterocycles. The highest BCUT2D eigenvalue weighted by Gasteiger charge is 2.13. The van der Waals surface area contributed by atoms with Crippen molar-refractivity contribution in [3.05, 3.63) is 78.5 Å². The van der Waals surface area contributed by atoms with Gasteiger partial charge in [-0.2, -0.15) is 0 Å². The van der Waals surface area contributed by atoms with Crippen LogP contribution in [0.15, 0.2) is 83.2 Å². The minimum Gasteiger partial charge on any atom is -0.508 e. The summed E-state index contributed by atoms with van der Waals surface area (Å²) in [5, 5.41) is 18.3. The van der Waals surface area contributed by atoms with Crippen LogP contribution in [0.4, 0.5) is 11.5 Å². The van der Waals surface area contributed by atoms with Gasteiger partial charge in [0.05, 0.1) is 5.69 Å². The van der Waals surface area contributed by atoms with Crippen LogP contribution in [-0.2, 0) is 0 Å². The first-order valence-electron chi connectivity index (χ1n) is 7.95. The van der Waals surface area contributed by atoms with Crippen LogP contribution in [0.2, 0.25) is 0 Å². The van der Waals surface area contributed by atoms with E-state index in [1.807, 2.05) is 60.0 Å². The number of aromatic nitrogens is 2. The molecule has 2 aromatic carbocycles. The van der Waals surface area contributed by atoms with E-state index in [4.69, 9.17) is 4.98 Å². The molecule has 0 saturated heterocycles. The molecule has 0 aliphatic rings. The lowest BCUT2D eigenvalue weighted by atomic mass is 10.1. The minimum atomic E-state index is 0.161. The van der Waals surface area contributed by atoms with Crippen molar-refractivity contribution in [1.82, 2.24) is 9.38 Å². The summed E-state index contributed by atoms with van der Waals surface area (Å²) in [6.07, 6.45) is 1.95. The third-order valence-electron chi connectivity index (χ3n) is 3.89. The highest BCUT2D eigenvalue weighted by molar-refractivity contribution is 5.74. The maximum Gasteiger partial charge on any atom is 0.187 e. The highest BCUT2D eigenvalue weighted by atomic mass is 16.3. The Morgan fingerprint density at radius 3 is 2.56 bits per heavy atom. The Hall–Kier alpha value is -3.47. The molecule has 0 saturated carbocycles. The zero-order valence-electron chi connectivity index (χ0n) is 13.7. The van der Waals surface area contributed by atoms with E-state index in [-0.39, 0.29) is 5.75 Å². The average molecular weight is 328 g/mol. The predicted octanol–water partition coefficient (Wildman–Crippen LogP) is 5.43. The summed E-state index contributed by atoms with van der Waals surface area (Å²) < 4.78 is 1.92. The van der Waals surface area contributed by atoms with E-state index in [1.165, 1.54) is 0 Å². The zero-order valence-corrected chi connectivity index (χ0v) is 13.7. The van der Waals surface area contributed by atoms with E-state index >= 15 is 0 Å². The number of phenolic OH excluding ortho intramolecular Hbond substituents is 1. The fourth-order valence-corrected chi connectivity index (χ4v) is 2.68. The molecule has 0 spiro atoms. The summed E-state index contributed by atoms with van der Waals surface area (Å²) in [5.74, 6) is 0.818. The number of phenols is 1. The number of azo groups is 1. The van der Waals surface area contributed by atoms with Gasteiger partial charge in [-0.3, -0.25) is 4.40 Å². The maximum atomic E-state index is 9.59. The molecule has 122 valence electrons. The zero-order chi connectivity index (χ0) is 17.2. The van der Waals surface area contributed by atoms with Gasteiger partial charge in [-0.25, -0.2) is 4.98 Å². The Morgan fingerprint density at radius 1 is 0.920 bits per heavy atom. The van der Waals surface area contributed by atoms with Gasteiger partial charge in [0, 0.05) is 17.8 Å². The second-order valence-electron chi connectivity index (χ2n) is 5.80. The van der Waals surface area contributed by atoms with Gasteiger partial charge in [-0.05, 0) is 36.8 Å². The fraction of sp³-hybridized carbons (Fsp3) is 0.0500. The maximum absolute atomic E-state index is 9.59. The second kappa shape index (κ2) is 6.20. The predicted molar refractivity (Wildman–Crippen MR) is 97.6 cm³/mol. The van der Waals surface area contributed by atoms with Gasteiger partial charge < -0.3 is 5.11 Å². The number of hydrogen-bond acceptors (Lipinski definition) is 4. The number of nitrogens with zero attached hydrogens (tertiary/aromatic N) is 4. The van der Waals surface area contributed by atoms with Crippen LogP contribution in [0, 0.1) is 6.92 Å². The van der Waals surface area contributed by atoms with E-state index in [1.54, 1.807) is 24.3 Å². The number of imidazole rings is 1. The Kier molecular flexibility index (Phi) is 3.74. The summed E-state index contributed by atoms with van der Waals surface area (Å²) in [5.41, 5.74) is 4.29. The van der Waals surface area contributed by atoms with Gasteiger partial charge >= 0.3 is 0 Å². The number of benzene rings is 2. The molecule has 1 N–H and O–H groups in total. The van der Waals surface area contributed by atoms with Gasteiger partial charge in [-0.1, -0.05) is 36.4 Å². The van der Waals surface area contributed by atoms with Crippen molar-refractivity contribution in [1.29, 1.82) is 0 Å². The number of aryl methyl sites for hydroxylation is 1. The molecule has 0 aliphatic carbocycles. The summed E-state index contributed by atoms with van der Waals surface area (Å²) in [6, 6.07) is 20.6. The summed E-state index contributed by atoms with van der Waals surface area (Å²) >= 11 is 0. The molecule has 5 heteroatoms. The van der Waals surface area contributed by atoms with Crippen LogP contribution in [-0.4, -0.2) is 14.5 Å². The topological polar surface area (TPSA) is 62.2 Å². The van der Waals surface area contributed by atoms with Gasteiger partial charge in [-0.15, -0.1) is 10.2 Å². The molecule has 0 atom stereocenters. The number of rotatable bonds is 3. The average Bonchev–Trinajstić information content (AvgIpc) is 2.98. The molecule has 5 nitrogen and oxygen atoms in total. The van der Waals surface area contributed by atoms with Crippen molar-refractivity contribution in [3.8, 4) is 17.0 Å². The van der Waals surface area contributed by atoms with Gasteiger partial charge in [0.25, 0.3) is 0 Å². The molecular weight excluding hydrogens is 312 g/mol. The van der Waals surface area contributed by atoms with Crippen molar-refractivity contribution in [2.45, 2.75) is 6.92 Å². The lowest BCUT2D eigenvalue weighted by Crippen LogP contribution is -1.84. The molecule has 0 amide bonds. The van der Waals surface area contributed by atoms with E-state index in [0.29, 0.717) is 11.5 Å². The lowest BCUT2D eigenvalue weighted by molar-refractivity contribution is 0.475. The van der Waals surface area contributed by atoms with Crippen LogP contribution >= 0.6 is 0 Å². The van der Waals surface area contributed by atoms with E-state index in [0.717, 1.165) is 22.5 Å². The number of hydrogen-bond donors (Lipinski definition) is 1. The number of aromatic hydroxyl groups is 1. The Morgan fingerprint density at radius 2 is 1.76 bits per heavy atom. The Labute approximate surface area is 144 Å². The van der Waals surface area contributed by atoms with Crippen LogP contribution in [0.25, 0.3) is 16.9 Å². The first kappa shape index (κ1) is 15.1. The van der Waals surface area contributed by atoms with Crippen LogP contribution in [0.3, 0.4) is 0 Å². The SMILES string of the molecule is Cc1ccn2c(N=Nc3cccc(O)c3)c(-c3ccccc3)nc2c1. The molecule has 0 fully saturated rings. The lowest BCUT2D eigenvalue weighted by Gasteiger charge is -2.00. The van der Waals surface area contributed by atoms with E-state index < -0.39 is 0 Å². The fourth-order valence-electron chi connectivity index (χ4n) is 2.68. The standard InChI is InChI=1S/C20H16N4O/c1-14-10-11-24-18(12-14)21-19(15-6-3-2-4-7-15)20(24)23-22-16-8-5-9-17(25)13-16/h2-13,25H,1H3. The van der Waals surface area contributed by atoms with Crippen molar-refractivity contribution in [3.63, 3.8) is 0 Å². The molecule has 2 heterocycles. The van der Waals surface area contributed by atoms with E-state index in [2.05, 4.69) is 10.2 Å². The van der Waals surface area contributed by atoms with Crippen LogP contribution < -0.4 is 0 Å². The van der Waals surface area contributed by atoms with Gasteiger partial charge in [0.15, 0.2) is 5.82 Å². The number of fused-ring (bicyclic) bond motifs is 1. The minimum absolute atomic E-state index is 0.161. The molecule has 25 heavy (non-hydrogen) atoms. The normalized spacial score (nSPS) is 11.4. The second-order valence-corrected chi connectivity index (χ2v) is 5.80. The van der Waals surface area contributed by atoms with Crippen LogP contribution in [0.5, 0.6) is 5.75 Å². The number of pyridine rings is 1. The van der Waals surface area contributed by atoms with Crippen molar-refractivity contribution in [2.75, 3.05) is 0 Å². The summed E-state index contributed by atoms with van der Waals surface area (Å²) in [4.78, 5) is 4.73. The highest BCUT2D eigenvalue weighted by Crippen LogP contribution is 2.32. The first-order chi connectivity index (χ1) is 12.2. The quantitative estimate of drug-likeness (QED) is 0.510. The third kappa shape index (κ3) is 2.99. The third-order valence-corrected chi connectivity index (χ3v) is 3.89. The molecule has 0 bridgehead atoms. The van der Waals surface area contributed by atoms with Crippen LogP contribution in [0.1, 0.15) is 5.56 Å². The van der Waals surface area contributed by atoms with Crippen molar-refractivity contribution in [2.24, 2.45) is 10.2 Å². The monoisotopic (exact) mass is 328 g/mol. The van der Waals surface area contributed by atoms with Gasteiger partial charge in [0.1, 0.15) is 17.1 Å². The van der Waals surface area contributed by atoms with E-state index in [9.17, 15) is 5.11 Å². The Bertz CT molecular complexity index is 1070. The molecule has 0 radical (unpaired) electrons. The molecule has 4 rings (SSSR count). The van der Waals surface area contributed by atoms with Gasteiger partial charge in [0.2, 0.25) is 0 Å². The molecule has 0 unspecified atom stereocenters. The molecular formula is C20H16N4O. The molecule has 4 aromatic rings. The van der Waals surface area contributed by atoms with Crippen molar-refractivity contribution >= 4 is 17.2 Å².